The average Bonchev–Trinajstić information content (AvgIpc) is 3.23. The Kier molecular flexibility index (Phi) is 43.5. The number of allylic oxidation sites excluding steroid dienone is 7. The molecule has 0 saturated heterocycles. The molecule has 0 saturated carbocycles. The molecular formula is C53H101N2O6P. The SMILES string of the molecule is CCCCCCCCCCC/C=C\CCCCCCCC(=O)NC(COP(=O)([O-])OCC[N+](C)(C)C)C(O)/C=C/CC/C=C/CC/C=C/CCCCCCCCCCCCCC. The summed E-state index contributed by atoms with van der Waals surface area (Å²) in [6.45, 7) is 4.62. The second-order valence-electron chi connectivity index (χ2n) is 18.9. The number of phosphoric ester groups is 1. The summed E-state index contributed by atoms with van der Waals surface area (Å²) in [5, 5.41) is 13.8. The van der Waals surface area contributed by atoms with Crippen LogP contribution in [0.25, 0.3) is 0 Å². The van der Waals surface area contributed by atoms with Crippen LogP contribution < -0.4 is 10.2 Å². The van der Waals surface area contributed by atoms with Gasteiger partial charge in [0.1, 0.15) is 13.2 Å². The van der Waals surface area contributed by atoms with Crippen molar-refractivity contribution in [1.82, 2.24) is 5.32 Å². The summed E-state index contributed by atoms with van der Waals surface area (Å²) < 4.78 is 23.3. The van der Waals surface area contributed by atoms with Crippen LogP contribution in [0, 0.1) is 0 Å². The second-order valence-corrected chi connectivity index (χ2v) is 20.3. The van der Waals surface area contributed by atoms with Gasteiger partial charge in [-0.25, -0.2) is 0 Å². The molecule has 0 aliphatic carbocycles. The van der Waals surface area contributed by atoms with Gasteiger partial charge in [0.2, 0.25) is 5.91 Å². The Balaban J connectivity index is 4.40. The lowest BCUT2D eigenvalue weighted by Gasteiger charge is -2.29. The van der Waals surface area contributed by atoms with Gasteiger partial charge in [-0.05, 0) is 70.6 Å². The molecule has 3 unspecified atom stereocenters. The lowest BCUT2D eigenvalue weighted by Crippen LogP contribution is -2.45. The zero-order valence-electron chi connectivity index (χ0n) is 41.3. The van der Waals surface area contributed by atoms with Gasteiger partial charge >= 0.3 is 0 Å². The zero-order chi connectivity index (χ0) is 45.7. The lowest BCUT2D eigenvalue weighted by molar-refractivity contribution is -0.870. The van der Waals surface area contributed by atoms with E-state index in [4.69, 9.17) is 9.05 Å². The molecule has 0 aromatic heterocycles. The van der Waals surface area contributed by atoms with Gasteiger partial charge in [0.15, 0.2) is 0 Å². The first kappa shape index (κ1) is 60.5. The van der Waals surface area contributed by atoms with Crippen LogP contribution in [0.1, 0.15) is 232 Å². The minimum Gasteiger partial charge on any atom is -0.756 e. The topological polar surface area (TPSA) is 108 Å². The summed E-state index contributed by atoms with van der Waals surface area (Å²) in [5.74, 6) is -0.219. The molecule has 8 nitrogen and oxygen atoms in total. The molecule has 364 valence electrons. The van der Waals surface area contributed by atoms with Crippen molar-refractivity contribution in [2.45, 2.75) is 244 Å². The maximum Gasteiger partial charge on any atom is 0.268 e. The van der Waals surface area contributed by atoms with Crippen LogP contribution in [0.15, 0.2) is 48.6 Å². The Hall–Kier alpha value is -1.54. The van der Waals surface area contributed by atoms with E-state index >= 15 is 0 Å². The molecule has 0 aliphatic rings. The van der Waals surface area contributed by atoms with Gasteiger partial charge in [-0.1, -0.05) is 204 Å². The number of rotatable bonds is 47. The van der Waals surface area contributed by atoms with E-state index in [-0.39, 0.29) is 12.5 Å². The molecule has 0 rings (SSSR count). The molecule has 62 heavy (non-hydrogen) atoms. The van der Waals surface area contributed by atoms with Crippen LogP contribution in [-0.4, -0.2) is 68.5 Å². The van der Waals surface area contributed by atoms with Gasteiger partial charge < -0.3 is 28.8 Å². The highest BCUT2D eigenvalue weighted by molar-refractivity contribution is 7.45. The lowest BCUT2D eigenvalue weighted by atomic mass is 10.0. The van der Waals surface area contributed by atoms with Crippen molar-refractivity contribution in [3.8, 4) is 0 Å². The molecule has 1 amide bonds. The van der Waals surface area contributed by atoms with Crippen molar-refractivity contribution in [3.05, 3.63) is 48.6 Å². The number of carbonyl (C=O) groups is 1. The predicted molar refractivity (Wildman–Crippen MR) is 265 cm³/mol. The van der Waals surface area contributed by atoms with Crippen LogP contribution in [0.4, 0.5) is 0 Å². The van der Waals surface area contributed by atoms with E-state index in [0.29, 0.717) is 17.4 Å². The van der Waals surface area contributed by atoms with Gasteiger partial charge in [0.25, 0.3) is 7.82 Å². The number of hydrogen-bond acceptors (Lipinski definition) is 6. The standard InChI is InChI=1S/C53H101N2O6P/c1-6-8-10-12-14-16-18-20-22-24-26-27-28-29-30-32-34-36-38-40-42-44-46-52(56)51(50-61-62(58,59)60-49-48-55(3,4)5)54-53(57)47-45-43-41-39-37-35-33-31-25-23-21-19-17-15-13-11-9-7-2/h29-31,33,36,38,44,46,51-52,56H,6-28,32,34-35,37,39-43,45,47-50H2,1-5H3,(H-,54,57,58,59)/b30-29+,33-31-,38-36+,46-44+. The highest BCUT2D eigenvalue weighted by Crippen LogP contribution is 2.38. The molecule has 0 heterocycles. The molecule has 0 fully saturated rings. The smallest absolute Gasteiger partial charge is 0.268 e. The van der Waals surface area contributed by atoms with Crippen molar-refractivity contribution in [1.29, 1.82) is 0 Å². The summed E-state index contributed by atoms with van der Waals surface area (Å²) in [6, 6.07) is -0.914. The number of hydrogen-bond donors (Lipinski definition) is 2. The third kappa shape index (κ3) is 46.5. The fourth-order valence-electron chi connectivity index (χ4n) is 7.36. The number of carbonyl (C=O) groups excluding carboxylic acids is 1. The van der Waals surface area contributed by atoms with Gasteiger partial charge in [0, 0.05) is 6.42 Å². The monoisotopic (exact) mass is 893 g/mol. The summed E-state index contributed by atoms with van der Waals surface area (Å²) in [4.78, 5) is 25.4. The van der Waals surface area contributed by atoms with E-state index in [1.165, 1.54) is 148 Å². The molecule has 0 spiro atoms. The van der Waals surface area contributed by atoms with Crippen molar-refractivity contribution >= 4 is 13.7 Å². The zero-order valence-corrected chi connectivity index (χ0v) is 42.2. The summed E-state index contributed by atoms with van der Waals surface area (Å²) in [7, 11) is 1.23. The van der Waals surface area contributed by atoms with Crippen LogP contribution >= 0.6 is 7.82 Å². The van der Waals surface area contributed by atoms with Crippen molar-refractivity contribution < 1.29 is 32.9 Å². The maximum atomic E-state index is 12.9. The van der Waals surface area contributed by atoms with E-state index < -0.39 is 26.6 Å². The molecule has 3 atom stereocenters. The van der Waals surface area contributed by atoms with E-state index in [1.54, 1.807) is 6.08 Å². The molecule has 0 bridgehead atoms. The fraction of sp³-hybridized carbons (Fsp3) is 0.830. The first-order valence-electron chi connectivity index (χ1n) is 26.0. The van der Waals surface area contributed by atoms with Crippen molar-refractivity contribution in [2.24, 2.45) is 0 Å². The number of aliphatic hydroxyl groups excluding tert-OH is 1. The van der Waals surface area contributed by atoms with E-state index in [1.807, 2.05) is 27.2 Å². The molecular weight excluding hydrogens is 792 g/mol. The summed E-state index contributed by atoms with van der Waals surface area (Å²) >= 11 is 0. The number of nitrogens with one attached hydrogen (secondary N) is 1. The quantitative estimate of drug-likeness (QED) is 0.0273. The Morgan fingerprint density at radius 3 is 1.31 bits per heavy atom. The first-order chi connectivity index (χ1) is 30.0. The van der Waals surface area contributed by atoms with Gasteiger partial charge in [-0.15, -0.1) is 0 Å². The number of nitrogens with zero attached hydrogens (tertiary/aromatic N) is 1. The average molecular weight is 893 g/mol. The molecule has 0 aliphatic heterocycles. The molecule has 0 aromatic carbocycles. The molecule has 9 heteroatoms. The molecule has 0 aromatic rings. The maximum absolute atomic E-state index is 12.9. The number of unbranched alkanes of at least 4 members (excludes halogenated alkanes) is 28. The Morgan fingerprint density at radius 2 is 0.903 bits per heavy atom. The van der Waals surface area contributed by atoms with Gasteiger partial charge in [0.05, 0.1) is 39.9 Å². The fourth-order valence-corrected chi connectivity index (χ4v) is 8.08. The molecule has 0 radical (unpaired) electrons. The Labute approximate surface area is 384 Å². The highest BCUT2D eigenvalue weighted by atomic mass is 31.2. The Bertz CT molecular complexity index is 1150. The normalized spacial score (nSPS) is 14.5. The Morgan fingerprint density at radius 1 is 0.548 bits per heavy atom. The highest BCUT2D eigenvalue weighted by Gasteiger charge is 2.23. The number of amides is 1. The third-order valence-corrected chi connectivity index (χ3v) is 12.5. The largest absolute Gasteiger partial charge is 0.756 e. The van der Waals surface area contributed by atoms with Crippen molar-refractivity contribution in [3.63, 3.8) is 0 Å². The number of quaternary nitrogens is 1. The van der Waals surface area contributed by atoms with E-state index in [2.05, 4.69) is 55.6 Å². The van der Waals surface area contributed by atoms with Gasteiger partial charge in [-0.2, -0.15) is 0 Å². The summed E-state index contributed by atoms with van der Waals surface area (Å²) in [6.07, 6.45) is 57.5. The van der Waals surface area contributed by atoms with Crippen molar-refractivity contribution in [2.75, 3.05) is 40.9 Å². The predicted octanol–water partition coefficient (Wildman–Crippen LogP) is 14.6. The van der Waals surface area contributed by atoms with E-state index in [9.17, 15) is 19.4 Å². The van der Waals surface area contributed by atoms with Crippen LogP contribution in [-0.2, 0) is 18.4 Å². The number of aliphatic hydroxyl groups is 1. The third-order valence-electron chi connectivity index (χ3n) is 11.5. The minimum atomic E-state index is -4.61. The molecule has 2 N–H and O–H groups in total. The van der Waals surface area contributed by atoms with Crippen LogP contribution in [0.3, 0.4) is 0 Å². The van der Waals surface area contributed by atoms with Gasteiger partial charge in [-0.3, -0.25) is 9.36 Å². The van der Waals surface area contributed by atoms with E-state index in [0.717, 1.165) is 64.2 Å². The first-order valence-corrected chi connectivity index (χ1v) is 27.5. The van der Waals surface area contributed by atoms with Crippen LogP contribution in [0.5, 0.6) is 0 Å². The van der Waals surface area contributed by atoms with Crippen LogP contribution in [0.2, 0.25) is 0 Å². The summed E-state index contributed by atoms with van der Waals surface area (Å²) in [5.41, 5.74) is 0. The number of phosphoric acid groups is 1. The number of likely N-dealkylation sites (N-methyl/N-ethyl adjacent to an activating group) is 1. The minimum absolute atomic E-state index is 0.0112. The second kappa shape index (κ2) is 44.7.